The monoisotopic (exact) mass is 254 g/mol. The molecule has 0 saturated carbocycles. The number of carbonyl (C=O) groups is 1. The molecule has 5 nitrogen and oxygen atoms in total. The summed E-state index contributed by atoms with van der Waals surface area (Å²) in [5.41, 5.74) is 0.584. The predicted molar refractivity (Wildman–Crippen MR) is 62.7 cm³/mol. The summed E-state index contributed by atoms with van der Waals surface area (Å²) >= 11 is 6.06. The lowest BCUT2D eigenvalue weighted by Crippen LogP contribution is -2.05. The molecule has 0 atom stereocenters. The van der Waals surface area contributed by atoms with Crippen molar-refractivity contribution in [1.29, 1.82) is 0 Å². The Morgan fingerprint density at radius 3 is 3.00 bits per heavy atom. The third kappa shape index (κ3) is 1.93. The van der Waals surface area contributed by atoms with E-state index in [9.17, 15) is 4.79 Å². The van der Waals surface area contributed by atoms with Gasteiger partial charge in [-0.25, -0.2) is 9.78 Å². The highest BCUT2D eigenvalue weighted by Crippen LogP contribution is 2.25. The van der Waals surface area contributed by atoms with E-state index in [-0.39, 0.29) is 17.5 Å². The number of pyridine rings is 1. The molecule has 2 rings (SSSR count). The molecule has 0 unspecified atom stereocenters. The largest absolute Gasteiger partial charge is 0.493 e. The van der Waals surface area contributed by atoms with E-state index in [4.69, 9.17) is 21.1 Å². The van der Waals surface area contributed by atoms with Gasteiger partial charge in [-0.15, -0.1) is 0 Å². The Labute approximate surface area is 103 Å². The molecule has 0 aliphatic carbocycles. The van der Waals surface area contributed by atoms with Gasteiger partial charge in [0.25, 0.3) is 0 Å². The molecule has 6 heteroatoms. The maximum atomic E-state index is 11.6. The molecule has 90 valence electrons. The molecule has 0 saturated heterocycles. The normalized spacial score (nSPS) is 10.5. The fraction of sp³-hybridized carbons (Fsp3) is 0.273. The number of methoxy groups -OCH3 is 1. The van der Waals surface area contributed by atoms with Crippen molar-refractivity contribution in [3.63, 3.8) is 0 Å². The summed E-state index contributed by atoms with van der Waals surface area (Å²) in [6.07, 6.45) is 1.70. The van der Waals surface area contributed by atoms with Crippen LogP contribution in [0, 0.1) is 0 Å². The van der Waals surface area contributed by atoms with Gasteiger partial charge in [-0.2, -0.15) is 0 Å². The number of fused-ring (bicyclic) bond motifs is 1. The number of aromatic nitrogens is 2. The van der Waals surface area contributed by atoms with E-state index < -0.39 is 5.97 Å². The fourth-order valence-corrected chi connectivity index (χ4v) is 1.76. The van der Waals surface area contributed by atoms with Crippen molar-refractivity contribution < 1.29 is 14.3 Å². The van der Waals surface area contributed by atoms with Crippen LogP contribution in [-0.4, -0.2) is 29.1 Å². The second-order valence-corrected chi connectivity index (χ2v) is 3.60. The molecule has 0 aliphatic rings. The summed E-state index contributed by atoms with van der Waals surface area (Å²) in [7, 11) is 1.53. The lowest BCUT2D eigenvalue weighted by atomic mass is 10.4. The van der Waals surface area contributed by atoms with E-state index in [1.54, 1.807) is 29.7 Å². The fourth-order valence-electron chi connectivity index (χ4n) is 1.50. The van der Waals surface area contributed by atoms with Gasteiger partial charge in [-0.3, -0.25) is 4.40 Å². The molecule has 0 bridgehead atoms. The first kappa shape index (κ1) is 11.7. The first-order chi connectivity index (χ1) is 8.19. The average Bonchev–Trinajstić information content (AvgIpc) is 2.67. The quantitative estimate of drug-likeness (QED) is 0.788. The lowest BCUT2D eigenvalue weighted by molar-refractivity contribution is 0.0520. The van der Waals surface area contributed by atoms with Crippen molar-refractivity contribution in [2.24, 2.45) is 0 Å². The van der Waals surface area contributed by atoms with Gasteiger partial charge in [0.2, 0.25) is 0 Å². The average molecular weight is 255 g/mol. The standard InChI is InChI=1S/C11H11ClN2O3/c1-3-17-11(15)8-9(12)14-6-4-5-7(16-2)10(14)13-8/h4-6H,3H2,1-2H3. The van der Waals surface area contributed by atoms with Crippen LogP contribution < -0.4 is 4.74 Å². The number of hydrogen-bond acceptors (Lipinski definition) is 4. The molecule has 0 aliphatic heterocycles. The predicted octanol–water partition coefficient (Wildman–Crippen LogP) is 2.17. The molecule has 0 N–H and O–H groups in total. The van der Waals surface area contributed by atoms with Crippen molar-refractivity contribution in [3.8, 4) is 5.75 Å². The van der Waals surface area contributed by atoms with Crippen LogP contribution in [0.4, 0.5) is 0 Å². The van der Waals surface area contributed by atoms with Gasteiger partial charge in [-0.05, 0) is 19.1 Å². The van der Waals surface area contributed by atoms with Gasteiger partial charge in [0.05, 0.1) is 13.7 Å². The number of halogens is 1. The van der Waals surface area contributed by atoms with E-state index in [0.29, 0.717) is 11.4 Å². The number of esters is 1. The third-order valence-corrected chi connectivity index (χ3v) is 2.61. The van der Waals surface area contributed by atoms with E-state index in [0.717, 1.165) is 0 Å². The SMILES string of the molecule is CCOC(=O)c1nc2c(OC)cccn2c1Cl. The Morgan fingerprint density at radius 2 is 2.35 bits per heavy atom. The molecule has 0 amide bonds. The van der Waals surface area contributed by atoms with Crippen LogP contribution in [0.2, 0.25) is 5.15 Å². The minimum absolute atomic E-state index is 0.0954. The van der Waals surface area contributed by atoms with Gasteiger partial charge in [0, 0.05) is 6.20 Å². The highest BCUT2D eigenvalue weighted by Gasteiger charge is 2.20. The van der Waals surface area contributed by atoms with Crippen LogP contribution >= 0.6 is 11.6 Å². The van der Waals surface area contributed by atoms with E-state index in [1.165, 1.54) is 7.11 Å². The number of ether oxygens (including phenoxy) is 2. The summed E-state index contributed by atoms with van der Waals surface area (Å²) in [5, 5.41) is 0.220. The zero-order valence-corrected chi connectivity index (χ0v) is 10.2. The Balaban J connectivity index is 2.60. The smallest absolute Gasteiger partial charge is 0.360 e. The topological polar surface area (TPSA) is 52.8 Å². The summed E-state index contributed by atoms with van der Waals surface area (Å²) in [6, 6.07) is 3.50. The van der Waals surface area contributed by atoms with Crippen LogP contribution in [0.25, 0.3) is 5.65 Å². The van der Waals surface area contributed by atoms with Crippen LogP contribution in [0.15, 0.2) is 18.3 Å². The van der Waals surface area contributed by atoms with Crippen molar-refractivity contribution in [3.05, 3.63) is 29.2 Å². The molecule has 2 aromatic heterocycles. The summed E-state index contributed by atoms with van der Waals surface area (Å²) in [6.45, 7) is 2.00. The van der Waals surface area contributed by atoms with Crippen LogP contribution in [-0.2, 0) is 4.74 Å². The zero-order valence-electron chi connectivity index (χ0n) is 9.44. The van der Waals surface area contributed by atoms with Gasteiger partial charge in [0.1, 0.15) is 5.15 Å². The van der Waals surface area contributed by atoms with E-state index >= 15 is 0 Å². The molecule has 0 spiro atoms. The van der Waals surface area contributed by atoms with Gasteiger partial charge in [-0.1, -0.05) is 11.6 Å². The Hall–Kier alpha value is -1.75. The molecule has 0 fully saturated rings. The van der Waals surface area contributed by atoms with Crippen LogP contribution in [0.3, 0.4) is 0 Å². The number of carbonyl (C=O) groups excluding carboxylic acids is 1. The van der Waals surface area contributed by atoms with Crippen molar-refractivity contribution in [2.75, 3.05) is 13.7 Å². The molecule has 2 aromatic rings. The summed E-state index contributed by atoms with van der Waals surface area (Å²) in [4.78, 5) is 15.7. The first-order valence-corrected chi connectivity index (χ1v) is 5.44. The highest BCUT2D eigenvalue weighted by molar-refractivity contribution is 6.32. The van der Waals surface area contributed by atoms with Gasteiger partial charge < -0.3 is 9.47 Å². The second-order valence-electron chi connectivity index (χ2n) is 3.24. The summed E-state index contributed by atoms with van der Waals surface area (Å²) in [5.74, 6) is 0.00759. The van der Waals surface area contributed by atoms with Crippen LogP contribution in [0.5, 0.6) is 5.75 Å². The Kier molecular flexibility index (Phi) is 3.19. The lowest BCUT2D eigenvalue weighted by Gasteiger charge is -2.00. The number of rotatable bonds is 3. The van der Waals surface area contributed by atoms with Crippen LogP contribution in [0.1, 0.15) is 17.4 Å². The highest BCUT2D eigenvalue weighted by atomic mass is 35.5. The zero-order chi connectivity index (χ0) is 12.4. The molecular weight excluding hydrogens is 244 g/mol. The van der Waals surface area contributed by atoms with Crippen molar-refractivity contribution in [2.45, 2.75) is 6.92 Å². The molecule has 0 radical (unpaired) electrons. The molecule has 2 heterocycles. The van der Waals surface area contributed by atoms with Gasteiger partial charge >= 0.3 is 5.97 Å². The minimum Gasteiger partial charge on any atom is -0.493 e. The molecule has 17 heavy (non-hydrogen) atoms. The van der Waals surface area contributed by atoms with E-state index in [1.807, 2.05) is 0 Å². The molecular formula is C11H11ClN2O3. The Bertz CT molecular complexity index is 565. The van der Waals surface area contributed by atoms with Crippen molar-refractivity contribution >= 4 is 23.2 Å². The third-order valence-electron chi connectivity index (χ3n) is 2.24. The van der Waals surface area contributed by atoms with Crippen molar-refractivity contribution in [1.82, 2.24) is 9.38 Å². The first-order valence-electron chi connectivity index (χ1n) is 5.06. The van der Waals surface area contributed by atoms with Gasteiger partial charge in [0.15, 0.2) is 17.1 Å². The minimum atomic E-state index is -0.539. The number of nitrogens with zero attached hydrogens (tertiary/aromatic N) is 2. The maximum absolute atomic E-state index is 11.6. The maximum Gasteiger partial charge on any atom is 0.360 e. The second kappa shape index (κ2) is 4.63. The number of imidazole rings is 1. The number of hydrogen-bond donors (Lipinski definition) is 0. The van der Waals surface area contributed by atoms with E-state index in [2.05, 4.69) is 4.98 Å². The summed E-state index contributed by atoms with van der Waals surface area (Å²) < 4.78 is 11.6. The Morgan fingerprint density at radius 1 is 1.59 bits per heavy atom. The molecule has 0 aromatic carbocycles.